The van der Waals surface area contributed by atoms with E-state index in [-0.39, 0.29) is 86.4 Å². The van der Waals surface area contributed by atoms with Crippen molar-refractivity contribution in [3.63, 3.8) is 0 Å². The van der Waals surface area contributed by atoms with Gasteiger partial charge in [-0.05, 0) is 68.3 Å². The molecular weight excluding hydrogens is 1230 g/mol. The van der Waals surface area contributed by atoms with Crippen LogP contribution in [0.5, 0.6) is 17.4 Å². The number of nitriles is 1. The van der Waals surface area contributed by atoms with Gasteiger partial charge < -0.3 is 24.0 Å². The third-order valence-corrected chi connectivity index (χ3v) is 17.2. The number of phenolic OH excluding ortho intramolecular Hbond substituents is 1. The average Bonchev–Trinajstić information content (AvgIpc) is 3.96. The molecule has 0 aliphatic rings. The number of thiazole rings is 1. The molecular formula is C44H37N11O20S7. The number of carbonyl (C=O) groups is 1. The number of azo groups is 3. The van der Waals surface area contributed by atoms with Crippen molar-refractivity contribution in [3.8, 4) is 23.4 Å². The Morgan fingerprint density at radius 2 is 1.35 bits per heavy atom. The highest BCUT2D eigenvalue weighted by Gasteiger charge is 2.30. The van der Waals surface area contributed by atoms with Crippen molar-refractivity contribution in [3.05, 3.63) is 83.4 Å². The molecule has 0 bridgehead atoms. The monoisotopic (exact) mass is 1260 g/mol. The third kappa shape index (κ3) is 12.7. The predicted octanol–water partition coefficient (Wildman–Crippen LogP) is 8.20. The summed E-state index contributed by atoms with van der Waals surface area (Å²) in [6, 6.07) is 14.9. The van der Waals surface area contributed by atoms with E-state index in [1.165, 1.54) is 16.2 Å². The van der Waals surface area contributed by atoms with Gasteiger partial charge >= 0.3 is 5.97 Å². The van der Waals surface area contributed by atoms with Crippen molar-refractivity contribution in [1.82, 2.24) is 14.4 Å². The number of fused-ring (bicyclic) bond motifs is 5. The van der Waals surface area contributed by atoms with E-state index in [0.29, 0.717) is 28.4 Å². The van der Waals surface area contributed by atoms with E-state index >= 15 is 0 Å². The molecule has 0 aliphatic carbocycles. The smallest absolute Gasteiger partial charge is 0.350 e. The summed E-state index contributed by atoms with van der Waals surface area (Å²) >= 11 is 4.10. The molecule has 0 fully saturated rings. The summed E-state index contributed by atoms with van der Waals surface area (Å²) in [6.45, 7) is 0.621. The van der Waals surface area contributed by atoms with Gasteiger partial charge in [0.15, 0.2) is 17.1 Å². The van der Waals surface area contributed by atoms with Gasteiger partial charge in [-0.25, -0.2) is 14.8 Å². The lowest BCUT2D eigenvalue weighted by atomic mass is 10.1. The van der Waals surface area contributed by atoms with Gasteiger partial charge in [-0.15, -0.1) is 30.7 Å². The molecule has 8 aromatic rings. The number of nitrogens with zero attached hydrogens (tertiary/aromatic N) is 11. The second-order valence-electron chi connectivity index (χ2n) is 17.1. The zero-order chi connectivity index (χ0) is 60.0. The molecule has 3 heterocycles. The number of methoxy groups -OCH3 is 1. The molecule has 8 rings (SSSR count). The van der Waals surface area contributed by atoms with Crippen LogP contribution in [0.1, 0.15) is 34.3 Å². The number of aromatic hydroxyl groups is 2. The number of carbonyl (C=O) groups excluding carboxylic acids is 1. The number of benzene rings is 5. The highest BCUT2D eigenvalue weighted by atomic mass is 32.2. The van der Waals surface area contributed by atoms with Crippen LogP contribution in [0.15, 0.2) is 112 Å². The molecule has 0 spiro atoms. The van der Waals surface area contributed by atoms with Crippen molar-refractivity contribution < 1.29 is 88.8 Å². The third-order valence-electron chi connectivity index (χ3n) is 11.8. The normalized spacial score (nSPS) is 12.9. The van der Waals surface area contributed by atoms with Crippen molar-refractivity contribution >= 4 is 158 Å². The molecule has 38 heteroatoms. The lowest BCUT2D eigenvalue weighted by Crippen LogP contribution is -2.28. The van der Waals surface area contributed by atoms with Gasteiger partial charge in [0.1, 0.15) is 60.3 Å². The second kappa shape index (κ2) is 22.8. The Hall–Kier alpha value is -7.94. The average molecular weight is 1260 g/mol. The van der Waals surface area contributed by atoms with Crippen LogP contribution in [0, 0.1) is 18.3 Å². The molecule has 3 aromatic heterocycles. The largest absolute Gasteiger partial charge is 0.505 e. The number of para-hydroxylation sites is 2. The molecule has 5 aromatic carbocycles. The first-order valence-electron chi connectivity index (χ1n) is 22.5. The van der Waals surface area contributed by atoms with E-state index in [1.807, 2.05) is 6.07 Å². The molecule has 7 N–H and O–H groups in total. The van der Waals surface area contributed by atoms with E-state index in [4.69, 9.17) is 4.74 Å². The Balaban J connectivity index is 1.29. The zero-order valence-corrected chi connectivity index (χ0v) is 47.1. The maximum absolute atomic E-state index is 13.2. The summed E-state index contributed by atoms with van der Waals surface area (Å²) in [6.07, 6.45) is -0.771. The Morgan fingerprint density at radius 3 is 1.95 bits per heavy atom. The van der Waals surface area contributed by atoms with Crippen LogP contribution in [0.4, 0.5) is 39.3 Å². The summed E-state index contributed by atoms with van der Waals surface area (Å²) in [4.78, 5) is 18.7. The molecule has 430 valence electrons. The number of hydrogen-bond acceptors (Lipinski definition) is 27. The SMILES string of the molecule is COc1cc(N=Nc2c(S(=O)(=O)O)cc3c(S(=O)(=O)O)c(N=Nc4c(C)c(C#N)c5nc6ccccc6n5c4O)ccc3c2O)c(N(CCCS(=O)(=O)O)CCCS(=O)(=O)O)cc1N=Nc1nc2c(S(=O)(=O)O)cc(C(=O)OS)cc2s1. The quantitative estimate of drug-likeness (QED) is 0.0154. The minimum absolute atomic E-state index is 0.0208. The highest BCUT2D eigenvalue weighted by molar-refractivity contribution is 7.87. The fraction of sp³-hybridized carbons (Fsp3) is 0.182. The molecule has 0 aliphatic heterocycles. The standard InChI is InChI=1S/C44H37N11O20S7/c1-21-25(20-45)41-46-26-7-3-4-8-30(26)55(41)42(57)36(21)51-48-27-10-9-23-24(40(27)82(71,72)73)17-35(81(68,69)70)38(39(23)56)52-49-28-19-32(74-2)29(18-31(28)54(11-5-13-78(59,60)61)12-6-14-79(62,63)64)50-53-44-47-37-33(77-44)15-22(43(58)75-76)16-34(37)80(65,66)67/h3-4,7-10,15-19,56-57,76H,5-6,11-14H2,1-2H3,(H,59,60,61)(H,62,63,64)(H,65,66,67)(H,68,69,70)(H,71,72,73). The Bertz CT molecular complexity index is 4700. The minimum Gasteiger partial charge on any atom is -0.505 e. The van der Waals surface area contributed by atoms with Crippen LogP contribution >= 0.6 is 24.2 Å². The van der Waals surface area contributed by atoms with Gasteiger partial charge in [0.2, 0.25) is 11.0 Å². The lowest BCUT2D eigenvalue weighted by molar-refractivity contribution is 0.0772. The summed E-state index contributed by atoms with van der Waals surface area (Å²) < 4.78 is 186. The van der Waals surface area contributed by atoms with Crippen LogP contribution in [0.3, 0.4) is 0 Å². The van der Waals surface area contributed by atoms with Crippen LogP contribution < -0.4 is 9.64 Å². The van der Waals surface area contributed by atoms with Gasteiger partial charge in [0.25, 0.3) is 50.6 Å². The number of anilines is 1. The molecule has 31 nitrogen and oxygen atoms in total. The Labute approximate surface area is 471 Å². The fourth-order valence-corrected chi connectivity index (χ4v) is 12.5. The first-order valence-corrected chi connectivity index (χ1v) is 31.3. The highest BCUT2D eigenvalue weighted by Crippen LogP contribution is 2.48. The van der Waals surface area contributed by atoms with E-state index in [1.54, 1.807) is 24.3 Å². The van der Waals surface area contributed by atoms with Gasteiger partial charge in [0.05, 0.1) is 45.6 Å². The number of thiol groups is 1. The minimum atomic E-state index is -5.61. The molecule has 0 unspecified atom stereocenters. The number of ether oxygens (including phenoxy) is 1. The molecule has 0 radical (unpaired) electrons. The number of phenols is 1. The summed E-state index contributed by atoms with van der Waals surface area (Å²) in [5, 5.41) is 55.8. The zero-order valence-electron chi connectivity index (χ0n) is 41.3. The van der Waals surface area contributed by atoms with E-state index < -0.39 is 122 Å². The van der Waals surface area contributed by atoms with E-state index in [9.17, 15) is 85.1 Å². The Kier molecular flexibility index (Phi) is 16.7. The van der Waals surface area contributed by atoms with Crippen LogP contribution in [0.2, 0.25) is 0 Å². The van der Waals surface area contributed by atoms with Crippen molar-refractivity contribution in [2.24, 2.45) is 30.7 Å². The second-order valence-corrected chi connectivity index (χ2v) is 25.6. The number of rotatable bonds is 20. The molecule has 0 atom stereocenters. The van der Waals surface area contributed by atoms with Crippen LogP contribution in [-0.4, -0.2) is 127 Å². The molecule has 0 amide bonds. The van der Waals surface area contributed by atoms with Gasteiger partial charge in [-0.3, -0.25) is 27.2 Å². The summed E-state index contributed by atoms with van der Waals surface area (Å²) in [7, 11) is -24.3. The fourth-order valence-electron chi connectivity index (χ4n) is 8.30. The maximum atomic E-state index is 13.2. The first-order chi connectivity index (χ1) is 38.3. The summed E-state index contributed by atoms with van der Waals surface area (Å²) in [5.74, 6) is -4.89. The van der Waals surface area contributed by atoms with Gasteiger partial charge in [-0.1, -0.05) is 23.5 Å². The number of hydrogen-bond donors (Lipinski definition) is 8. The first kappa shape index (κ1) is 60.2. The molecule has 82 heavy (non-hydrogen) atoms. The lowest BCUT2D eigenvalue weighted by Gasteiger charge is -2.26. The van der Waals surface area contributed by atoms with Crippen LogP contribution in [0.25, 0.3) is 37.7 Å². The topological polar surface area (TPSA) is 479 Å². The molecule has 0 saturated carbocycles. The van der Waals surface area contributed by atoms with Crippen molar-refractivity contribution in [1.29, 1.82) is 5.26 Å². The Morgan fingerprint density at radius 1 is 0.732 bits per heavy atom. The van der Waals surface area contributed by atoms with Gasteiger partial charge in [-0.2, -0.15) is 47.4 Å². The number of pyridine rings is 1. The van der Waals surface area contributed by atoms with Gasteiger partial charge in [0, 0.05) is 48.4 Å². The van der Waals surface area contributed by atoms with Crippen LogP contribution in [-0.2, 0) is 54.8 Å². The van der Waals surface area contributed by atoms with Crippen molar-refractivity contribution in [2.45, 2.75) is 34.5 Å². The van der Waals surface area contributed by atoms with Crippen molar-refractivity contribution in [2.75, 3.05) is 36.6 Å². The predicted molar refractivity (Wildman–Crippen MR) is 293 cm³/mol. The number of aromatic nitrogens is 3. The number of imidazole rings is 1. The van der Waals surface area contributed by atoms with E-state index in [0.717, 1.165) is 43.5 Å². The summed E-state index contributed by atoms with van der Waals surface area (Å²) in [5.41, 5.74) is -3.04. The maximum Gasteiger partial charge on any atom is 0.350 e. The molecule has 0 saturated heterocycles. The van der Waals surface area contributed by atoms with E-state index in [2.05, 4.69) is 57.7 Å².